The number of rotatable bonds is 5. The van der Waals surface area contributed by atoms with E-state index in [-0.39, 0.29) is 11.9 Å². The van der Waals surface area contributed by atoms with Crippen LogP contribution in [0.4, 0.5) is 0 Å². The van der Waals surface area contributed by atoms with Crippen LogP contribution in [0.2, 0.25) is 0 Å². The number of carbonyl (C=O) groups is 1. The Labute approximate surface area is 102 Å². The fraction of sp³-hybridized carbons (Fsp3) is 0.923. The lowest BCUT2D eigenvalue weighted by Gasteiger charge is -2.36. The Morgan fingerprint density at radius 3 is 2.65 bits per heavy atom. The van der Waals surface area contributed by atoms with E-state index in [0.717, 1.165) is 18.8 Å². The van der Waals surface area contributed by atoms with E-state index in [1.165, 1.54) is 12.8 Å². The summed E-state index contributed by atoms with van der Waals surface area (Å²) in [6.07, 6.45) is 5.20. The molecule has 1 heterocycles. The summed E-state index contributed by atoms with van der Waals surface area (Å²) in [6.45, 7) is 4.11. The lowest BCUT2D eigenvalue weighted by molar-refractivity contribution is -0.124. The first-order valence-electron chi connectivity index (χ1n) is 6.85. The molecule has 2 saturated carbocycles. The molecule has 0 bridgehead atoms. The lowest BCUT2D eigenvalue weighted by atomic mass is 9.89. The fourth-order valence-electron chi connectivity index (χ4n) is 2.72. The Kier molecular flexibility index (Phi) is 2.87. The third-order valence-electron chi connectivity index (χ3n) is 3.94. The number of nitrogens with one attached hydrogen (secondary N) is 2. The molecule has 1 amide bonds. The molecule has 0 spiro atoms. The Bertz CT molecular complexity index is 309. The number of amides is 1. The maximum absolute atomic E-state index is 11.9. The molecule has 1 saturated heterocycles. The van der Waals surface area contributed by atoms with Gasteiger partial charge in [-0.15, -0.1) is 0 Å². The van der Waals surface area contributed by atoms with Gasteiger partial charge < -0.3 is 10.1 Å². The van der Waals surface area contributed by atoms with Crippen LogP contribution in [0, 0.1) is 5.92 Å². The minimum absolute atomic E-state index is 0.104. The smallest absolute Gasteiger partial charge is 0.238 e. The van der Waals surface area contributed by atoms with Crippen molar-refractivity contribution in [2.75, 3.05) is 0 Å². The van der Waals surface area contributed by atoms with Crippen molar-refractivity contribution in [1.29, 1.82) is 0 Å². The van der Waals surface area contributed by atoms with E-state index in [1.807, 2.05) is 0 Å². The summed E-state index contributed by atoms with van der Waals surface area (Å²) in [5.41, 5.74) is 0. The quantitative estimate of drug-likeness (QED) is 0.697. The third-order valence-corrected chi connectivity index (χ3v) is 3.94. The molecule has 2 aliphatic carbocycles. The predicted octanol–water partition coefficient (Wildman–Crippen LogP) is 0.809. The van der Waals surface area contributed by atoms with Crippen LogP contribution in [0.5, 0.6) is 0 Å². The molecule has 0 radical (unpaired) electrons. The molecule has 3 aliphatic rings. The molecular formula is C13H22N2O2. The highest BCUT2D eigenvalue weighted by Crippen LogP contribution is 2.39. The topological polar surface area (TPSA) is 60.3 Å². The van der Waals surface area contributed by atoms with Crippen molar-refractivity contribution in [2.24, 2.45) is 5.92 Å². The van der Waals surface area contributed by atoms with Crippen LogP contribution in [0.3, 0.4) is 0 Å². The maximum atomic E-state index is 11.9. The van der Waals surface area contributed by atoms with Gasteiger partial charge in [-0.25, -0.2) is 0 Å². The van der Waals surface area contributed by atoms with Crippen LogP contribution in [-0.4, -0.2) is 36.2 Å². The van der Waals surface area contributed by atoms with E-state index in [1.54, 1.807) is 0 Å². The van der Waals surface area contributed by atoms with Gasteiger partial charge in [0.2, 0.25) is 5.91 Å². The standard InChI is InChI=1S/C13H22N2O2/c1-7(2)17-10-5-9(6-10)14-13(16)12-11(15-12)8-3-4-8/h7-12,15H,3-6H2,1-2H3,(H,14,16)/t9-,10+,11-,12+/m0/s1. The van der Waals surface area contributed by atoms with Gasteiger partial charge in [-0.2, -0.15) is 0 Å². The molecule has 4 nitrogen and oxygen atoms in total. The zero-order valence-electron chi connectivity index (χ0n) is 10.6. The van der Waals surface area contributed by atoms with Gasteiger partial charge in [0, 0.05) is 12.1 Å². The van der Waals surface area contributed by atoms with Crippen LogP contribution in [0.25, 0.3) is 0 Å². The molecular weight excluding hydrogens is 216 g/mol. The van der Waals surface area contributed by atoms with Crippen molar-refractivity contribution < 1.29 is 9.53 Å². The first-order valence-corrected chi connectivity index (χ1v) is 6.85. The Hall–Kier alpha value is -0.610. The molecule has 96 valence electrons. The van der Waals surface area contributed by atoms with Gasteiger partial charge in [0.05, 0.1) is 12.2 Å². The van der Waals surface area contributed by atoms with Gasteiger partial charge in [0.25, 0.3) is 0 Å². The van der Waals surface area contributed by atoms with E-state index in [0.29, 0.717) is 24.3 Å². The van der Waals surface area contributed by atoms with Crippen molar-refractivity contribution >= 4 is 5.91 Å². The maximum Gasteiger partial charge on any atom is 0.238 e. The summed E-state index contributed by atoms with van der Waals surface area (Å²) in [5, 5.41) is 6.40. The molecule has 2 atom stereocenters. The molecule has 3 fully saturated rings. The van der Waals surface area contributed by atoms with Crippen LogP contribution in [0.1, 0.15) is 39.5 Å². The van der Waals surface area contributed by atoms with Gasteiger partial charge in [-0.05, 0) is 45.4 Å². The van der Waals surface area contributed by atoms with E-state index in [2.05, 4.69) is 24.5 Å². The number of hydrogen-bond donors (Lipinski definition) is 2. The summed E-state index contributed by atoms with van der Waals surface area (Å²) >= 11 is 0. The van der Waals surface area contributed by atoms with Crippen molar-refractivity contribution in [1.82, 2.24) is 10.6 Å². The highest BCUT2D eigenvalue weighted by atomic mass is 16.5. The number of hydrogen-bond acceptors (Lipinski definition) is 3. The minimum atomic E-state index is 0.104. The monoisotopic (exact) mass is 238 g/mol. The summed E-state index contributed by atoms with van der Waals surface area (Å²) in [7, 11) is 0. The second-order valence-electron chi connectivity index (χ2n) is 5.99. The lowest BCUT2D eigenvalue weighted by Crippen LogP contribution is -2.50. The zero-order chi connectivity index (χ0) is 12.0. The second kappa shape index (κ2) is 4.25. The van der Waals surface area contributed by atoms with E-state index in [9.17, 15) is 4.79 Å². The van der Waals surface area contributed by atoms with Crippen LogP contribution < -0.4 is 10.6 Å². The van der Waals surface area contributed by atoms with Crippen molar-refractivity contribution in [3.63, 3.8) is 0 Å². The van der Waals surface area contributed by atoms with Gasteiger partial charge in [-0.1, -0.05) is 0 Å². The number of ether oxygens (including phenoxy) is 1. The van der Waals surface area contributed by atoms with Crippen LogP contribution >= 0.6 is 0 Å². The predicted molar refractivity (Wildman–Crippen MR) is 64.6 cm³/mol. The highest BCUT2D eigenvalue weighted by molar-refractivity contribution is 5.86. The number of carbonyl (C=O) groups excluding carboxylic acids is 1. The van der Waals surface area contributed by atoms with E-state index < -0.39 is 0 Å². The molecule has 4 heteroatoms. The summed E-state index contributed by atoms with van der Waals surface area (Å²) in [6, 6.07) is 0.929. The van der Waals surface area contributed by atoms with Crippen molar-refractivity contribution in [3.8, 4) is 0 Å². The van der Waals surface area contributed by atoms with Crippen molar-refractivity contribution in [3.05, 3.63) is 0 Å². The molecule has 1 aliphatic heterocycles. The summed E-state index contributed by atoms with van der Waals surface area (Å²) in [5.74, 6) is 0.985. The fourth-order valence-corrected chi connectivity index (χ4v) is 2.72. The van der Waals surface area contributed by atoms with Crippen molar-refractivity contribution in [2.45, 2.75) is 69.9 Å². The molecule has 0 unspecified atom stereocenters. The first-order chi connectivity index (χ1) is 8.13. The van der Waals surface area contributed by atoms with E-state index in [4.69, 9.17) is 4.74 Å². The van der Waals surface area contributed by atoms with Gasteiger partial charge in [-0.3, -0.25) is 10.1 Å². The van der Waals surface area contributed by atoms with Crippen LogP contribution in [0.15, 0.2) is 0 Å². The largest absolute Gasteiger partial charge is 0.375 e. The van der Waals surface area contributed by atoms with Gasteiger partial charge in [0.1, 0.15) is 6.04 Å². The zero-order valence-corrected chi connectivity index (χ0v) is 10.6. The Morgan fingerprint density at radius 2 is 2.06 bits per heavy atom. The third kappa shape index (κ3) is 2.63. The molecule has 2 N–H and O–H groups in total. The van der Waals surface area contributed by atoms with Gasteiger partial charge in [0.15, 0.2) is 0 Å². The Balaban J connectivity index is 1.34. The average Bonchev–Trinajstić information content (AvgIpc) is 3.03. The highest BCUT2D eigenvalue weighted by Gasteiger charge is 2.51. The van der Waals surface area contributed by atoms with Gasteiger partial charge >= 0.3 is 0 Å². The molecule has 0 aromatic rings. The molecule has 3 rings (SSSR count). The van der Waals surface area contributed by atoms with Crippen LogP contribution in [-0.2, 0) is 9.53 Å². The summed E-state index contributed by atoms with van der Waals surface area (Å²) in [4.78, 5) is 11.9. The average molecular weight is 238 g/mol. The minimum Gasteiger partial charge on any atom is -0.375 e. The molecule has 17 heavy (non-hydrogen) atoms. The molecule has 0 aromatic heterocycles. The van der Waals surface area contributed by atoms with E-state index >= 15 is 0 Å². The normalized spacial score (nSPS) is 39.9. The Morgan fingerprint density at radius 1 is 1.35 bits per heavy atom. The SMILES string of the molecule is CC(C)O[C@H]1C[C@@H](NC(=O)[C@@H]2N[C@H]2C2CC2)C1. The first kappa shape index (κ1) is 11.5. The second-order valence-corrected chi connectivity index (χ2v) is 5.99. The molecule has 0 aromatic carbocycles. The summed E-state index contributed by atoms with van der Waals surface area (Å²) < 4.78 is 5.68.